The molecule has 0 radical (unpaired) electrons. The van der Waals surface area contributed by atoms with E-state index in [1.165, 1.54) is 4.57 Å². The number of rotatable bonds is 5. The van der Waals surface area contributed by atoms with Crippen molar-refractivity contribution >= 4 is 34.3 Å². The first-order valence-corrected chi connectivity index (χ1v) is 11.7. The highest BCUT2D eigenvalue weighted by Gasteiger charge is 2.22. The van der Waals surface area contributed by atoms with Gasteiger partial charge in [0.1, 0.15) is 21.6 Å². The van der Waals surface area contributed by atoms with Crippen LogP contribution in [0.3, 0.4) is 0 Å². The summed E-state index contributed by atoms with van der Waals surface area (Å²) >= 11 is 6.95. The van der Waals surface area contributed by atoms with E-state index >= 15 is 0 Å². The van der Waals surface area contributed by atoms with Crippen LogP contribution < -0.4 is 15.9 Å². The lowest BCUT2D eigenvalue weighted by molar-refractivity contribution is 0.414. The molecular formula is C27H18ClNO5S. The molecule has 2 heterocycles. The van der Waals surface area contributed by atoms with Crippen LogP contribution in [-0.4, -0.2) is 16.8 Å². The summed E-state index contributed by atoms with van der Waals surface area (Å²) in [6.45, 7) is 0. The molecular weight excluding hydrogens is 486 g/mol. The molecule has 0 amide bonds. The topological polar surface area (TPSA) is 81.7 Å². The summed E-state index contributed by atoms with van der Waals surface area (Å²) in [6.07, 6.45) is 0. The Kier molecular flexibility index (Phi) is 6.11. The molecule has 0 saturated heterocycles. The number of aromatic hydroxyl groups is 1. The number of aromatic nitrogens is 1. The van der Waals surface area contributed by atoms with Crippen LogP contribution >= 0.6 is 23.4 Å². The Morgan fingerprint density at radius 2 is 1.63 bits per heavy atom. The molecule has 35 heavy (non-hydrogen) atoms. The number of hydrogen-bond donors (Lipinski definition) is 1. The van der Waals surface area contributed by atoms with Crippen molar-refractivity contribution < 1.29 is 14.3 Å². The Balaban J connectivity index is 1.78. The van der Waals surface area contributed by atoms with Gasteiger partial charge in [-0.3, -0.25) is 9.36 Å². The van der Waals surface area contributed by atoms with Crippen molar-refractivity contribution in [3.05, 3.63) is 111 Å². The second-order valence-electron chi connectivity index (χ2n) is 7.60. The quantitative estimate of drug-likeness (QED) is 0.311. The van der Waals surface area contributed by atoms with Crippen LogP contribution in [0.2, 0.25) is 5.02 Å². The lowest BCUT2D eigenvalue weighted by Crippen LogP contribution is -2.21. The molecule has 6 nitrogen and oxygen atoms in total. The highest BCUT2D eigenvalue weighted by Crippen LogP contribution is 2.37. The molecule has 0 bridgehead atoms. The van der Waals surface area contributed by atoms with E-state index in [1.807, 2.05) is 30.3 Å². The van der Waals surface area contributed by atoms with Crippen molar-refractivity contribution in [1.82, 2.24) is 4.57 Å². The molecule has 0 saturated carbocycles. The van der Waals surface area contributed by atoms with Crippen LogP contribution in [0.4, 0.5) is 0 Å². The van der Waals surface area contributed by atoms with Crippen LogP contribution in [0.5, 0.6) is 11.5 Å². The van der Waals surface area contributed by atoms with Gasteiger partial charge in [-0.05, 0) is 54.1 Å². The third kappa shape index (κ3) is 4.32. The second-order valence-corrected chi connectivity index (χ2v) is 9.12. The van der Waals surface area contributed by atoms with Gasteiger partial charge < -0.3 is 14.3 Å². The van der Waals surface area contributed by atoms with Crippen molar-refractivity contribution in [2.75, 3.05) is 7.11 Å². The Morgan fingerprint density at radius 1 is 0.943 bits per heavy atom. The van der Waals surface area contributed by atoms with Crippen LogP contribution in [0.1, 0.15) is 0 Å². The summed E-state index contributed by atoms with van der Waals surface area (Å²) < 4.78 is 12.3. The van der Waals surface area contributed by atoms with E-state index < -0.39 is 16.9 Å². The number of ether oxygens (including phenoxy) is 1. The minimum Gasteiger partial charge on any atom is -0.505 e. The highest BCUT2D eigenvalue weighted by molar-refractivity contribution is 7.99. The second kappa shape index (κ2) is 9.37. The number of nitrogens with zero attached hydrogens (tertiary/aromatic N) is 1. The normalized spacial score (nSPS) is 11.0. The Morgan fingerprint density at radius 3 is 2.29 bits per heavy atom. The minimum atomic E-state index is -0.740. The van der Waals surface area contributed by atoms with Crippen molar-refractivity contribution in [3.8, 4) is 28.4 Å². The molecule has 0 unspecified atom stereocenters. The summed E-state index contributed by atoms with van der Waals surface area (Å²) in [5.74, 6) is 0.211. The molecule has 0 aliphatic rings. The van der Waals surface area contributed by atoms with Gasteiger partial charge in [-0.25, -0.2) is 4.79 Å². The molecule has 0 aliphatic carbocycles. The Labute approximate surface area is 209 Å². The van der Waals surface area contributed by atoms with Gasteiger partial charge in [0.15, 0.2) is 5.75 Å². The first-order valence-electron chi connectivity index (χ1n) is 10.6. The van der Waals surface area contributed by atoms with Crippen molar-refractivity contribution in [3.63, 3.8) is 0 Å². The van der Waals surface area contributed by atoms with E-state index in [1.54, 1.807) is 61.7 Å². The number of fused-ring (bicyclic) bond motifs is 1. The molecule has 1 N–H and O–H groups in total. The summed E-state index contributed by atoms with van der Waals surface area (Å²) in [5, 5.41) is 11.6. The smallest absolute Gasteiger partial charge is 0.354 e. The average molecular weight is 504 g/mol. The number of benzene rings is 3. The van der Waals surface area contributed by atoms with E-state index in [-0.39, 0.29) is 15.9 Å². The summed E-state index contributed by atoms with van der Waals surface area (Å²) in [4.78, 5) is 27.2. The molecule has 3 aromatic carbocycles. The van der Waals surface area contributed by atoms with Crippen LogP contribution in [0.25, 0.3) is 27.9 Å². The highest BCUT2D eigenvalue weighted by atomic mass is 35.5. The number of hydrogen-bond acceptors (Lipinski definition) is 6. The molecule has 2 aromatic heterocycles. The van der Waals surface area contributed by atoms with Gasteiger partial charge in [0.25, 0.3) is 5.56 Å². The fourth-order valence-electron chi connectivity index (χ4n) is 3.76. The molecule has 0 spiro atoms. The van der Waals surface area contributed by atoms with Gasteiger partial charge in [-0.1, -0.05) is 53.7 Å². The predicted octanol–water partition coefficient (Wildman–Crippen LogP) is 6.13. The number of methoxy groups -OCH3 is 1. The van der Waals surface area contributed by atoms with Crippen LogP contribution in [0, 0.1) is 0 Å². The average Bonchev–Trinajstić information content (AvgIpc) is 2.88. The van der Waals surface area contributed by atoms with Gasteiger partial charge >= 0.3 is 5.63 Å². The van der Waals surface area contributed by atoms with Crippen molar-refractivity contribution in [2.24, 2.45) is 0 Å². The summed E-state index contributed by atoms with van der Waals surface area (Å²) in [5.41, 5.74) is 0.551. The molecule has 5 aromatic rings. The lowest BCUT2D eigenvalue weighted by atomic mass is 10.1. The van der Waals surface area contributed by atoms with E-state index in [4.69, 9.17) is 20.8 Å². The first kappa shape index (κ1) is 22.8. The van der Waals surface area contributed by atoms with E-state index in [0.717, 1.165) is 17.3 Å². The van der Waals surface area contributed by atoms with Gasteiger partial charge in [0.05, 0.1) is 12.8 Å². The molecule has 0 atom stereocenters. The Hall–Kier alpha value is -3.94. The van der Waals surface area contributed by atoms with Gasteiger partial charge in [0.2, 0.25) is 0 Å². The summed E-state index contributed by atoms with van der Waals surface area (Å²) in [7, 11) is 1.56. The molecule has 0 aliphatic heterocycles. The predicted molar refractivity (Wildman–Crippen MR) is 137 cm³/mol. The molecule has 0 fully saturated rings. The monoisotopic (exact) mass is 503 g/mol. The largest absolute Gasteiger partial charge is 0.505 e. The number of halogens is 1. The van der Waals surface area contributed by atoms with E-state index in [0.29, 0.717) is 27.0 Å². The van der Waals surface area contributed by atoms with Gasteiger partial charge in [-0.15, -0.1) is 0 Å². The maximum atomic E-state index is 13.8. The number of pyridine rings is 1. The molecule has 5 rings (SSSR count). The van der Waals surface area contributed by atoms with Gasteiger partial charge in [0, 0.05) is 21.7 Å². The van der Waals surface area contributed by atoms with Crippen LogP contribution in [0.15, 0.2) is 109 Å². The zero-order chi connectivity index (χ0) is 24.5. The van der Waals surface area contributed by atoms with E-state index in [9.17, 15) is 14.7 Å². The fraction of sp³-hybridized carbons (Fsp3) is 0.0370. The fourth-order valence-corrected chi connectivity index (χ4v) is 4.72. The molecule has 174 valence electrons. The Bertz CT molecular complexity index is 1640. The zero-order valence-electron chi connectivity index (χ0n) is 18.4. The summed E-state index contributed by atoms with van der Waals surface area (Å²) in [6, 6.07) is 24.6. The van der Waals surface area contributed by atoms with Crippen molar-refractivity contribution in [1.29, 1.82) is 0 Å². The third-order valence-electron chi connectivity index (χ3n) is 5.45. The first-order chi connectivity index (χ1) is 17.0. The molecule has 8 heteroatoms. The van der Waals surface area contributed by atoms with Crippen LogP contribution in [-0.2, 0) is 0 Å². The standard InChI is InChI=1S/C27H18ClNO5S/c1-33-19-11-9-18(10-12-19)29-21(16-5-3-2-4-6-16)15-22-23(26(29)31)24(30)25(27(32)34-22)35-20-13-7-17(28)8-14-20/h2-15,30H,1H3. The third-order valence-corrected chi connectivity index (χ3v) is 6.77. The lowest BCUT2D eigenvalue weighted by Gasteiger charge is -2.16. The van der Waals surface area contributed by atoms with Gasteiger partial charge in [-0.2, -0.15) is 0 Å². The maximum Gasteiger partial charge on any atom is 0.354 e. The van der Waals surface area contributed by atoms with Crippen molar-refractivity contribution in [2.45, 2.75) is 9.79 Å². The SMILES string of the molecule is COc1ccc(-n2c(-c3ccccc3)cc3oc(=O)c(Sc4ccc(Cl)cc4)c(O)c3c2=O)cc1. The zero-order valence-corrected chi connectivity index (χ0v) is 20.0. The van der Waals surface area contributed by atoms with E-state index in [2.05, 4.69) is 0 Å². The minimum absolute atomic E-state index is 0.00145. The maximum absolute atomic E-state index is 13.8.